The molecule has 0 spiro atoms. The Morgan fingerprint density at radius 2 is 2.20 bits per heavy atom. The Kier molecular flexibility index (Phi) is 1.38. The van der Waals surface area contributed by atoms with Crippen LogP contribution < -0.4 is 5.56 Å². The van der Waals surface area contributed by atoms with Crippen molar-refractivity contribution in [2.45, 2.75) is 0 Å². The molecular formula is C3H4N2O4S. The number of hydrogen-bond donors (Lipinski definition) is 2. The van der Waals surface area contributed by atoms with Gasteiger partial charge in [0.05, 0.1) is 0 Å². The SMILES string of the molecule is O=c1ccn(S(=O)(=O)O)[nH]1. The first-order chi connectivity index (χ1) is 4.50. The number of nitrogens with one attached hydrogen (secondary N) is 1. The van der Waals surface area contributed by atoms with Crippen molar-refractivity contribution < 1.29 is 13.0 Å². The van der Waals surface area contributed by atoms with Gasteiger partial charge in [0.15, 0.2) is 0 Å². The largest absolute Gasteiger partial charge is 0.377 e. The van der Waals surface area contributed by atoms with E-state index in [-0.39, 0.29) is 0 Å². The molecular weight excluding hydrogens is 160 g/mol. The summed E-state index contributed by atoms with van der Waals surface area (Å²) in [5.74, 6) is 0. The lowest BCUT2D eigenvalue weighted by atomic mass is 10.7. The molecule has 56 valence electrons. The van der Waals surface area contributed by atoms with Crippen LogP contribution in [-0.4, -0.2) is 22.2 Å². The Morgan fingerprint density at radius 3 is 2.40 bits per heavy atom. The monoisotopic (exact) mass is 164 g/mol. The van der Waals surface area contributed by atoms with Gasteiger partial charge in [0, 0.05) is 12.3 Å². The number of nitrogens with zero attached hydrogens (tertiary/aromatic N) is 1. The van der Waals surface area contributed by atoms with Crippen molar-refractivity contribution in [1.29, 1.82) is 0 Å². The molecule has 0 amide bonds. The highest BCUT2D eigenvalue weighted by atomic mass is 32.2. The van der Waals surface area contributed by atoms with E-state index in [4.69, 9.17) is 4.55 Å². The van der Waals surface area contributed by atoms with Crippen LogP contribution in [0.1, 0.15) is 0 Å². The first-order valence-corrected chi connectivity index (χ1v) is 3.65. The topological polar surface area (TPSA) is 92.2 Å². The van der Waals surface area contributed by atoms with E-state index in [9.17, 15) is 13.2 Å². The van der Waals surface area contributed by atoms with Gasteiger partial charge in [0.1, 0.15) is 0 Å². The molecule has 0 radical (unpaired) electrons. The van der Waals surface area contributed by atoms with Crippen LogP contribution in [0.3, 0.4) is 0 Å². The van der Waals surface area contributed by atoms with E-state index in [1.807, 2.05) is 5.10 Å². The van der Waals surface area contributed by atoms with E-state index in [1.165, 1.54) is 0 Å². The quantitative estimate of drug-likeness (QED) is 0.511. The molecule has 0 aliphatic heterocycles. The maximum Gasteiger partial charge on any atom is 0.377 e. The summed E-state index contributed by atoms with van der Waals surface area (Å²) in [6, 6.07) is 0.980. The van der Waals surface area contributed by atoms with E-state index in [2.05, 4.69) is 0 Å². The summed E-state index contributed by atoms with van der Waals surface area (Å²) >= 11 is 0. The third-order valence-corrected chi connectivity index (χ3v) is 1.54. The highest BCUT2D eigenvalue weighted by Crippen LogP contribution is 1.84. The van der Waals surface area contributed by atoms with Crippen LogP contribution in [-0.2, 0) is 10.3 Å². The fourth-order valence-electron chi connectivity index (χ4n) is 0.453. The highest BCUT2D eigenvalue weighted by molar-refractivity contribution is 7.84. The summed E-state index contributed by atoms with van der Waals surface area (Å²) in [5, 5.41) is 1.84. The molecule has 0 aromatic carbocycles. The lowest BCUT2D eigenvalue weighted by Gasteiger charge is -1.92. The highest BCUT2D eigenvalue weighted by Gasteiger charge is 2.05. The van der Waals surface area contributed by atoms with Crippen LogP contribution in [0, 0.1) is 0 Å². The first-order valence-electron chi connectivity index (χ1n) is 2.26. The van der Waals surface area contributed by atoms with Gasteiger partial charge in [-0.1, -0.05) is 0 Å². The van der Waals surface area contributed by atoms with E-state index >= 15 is 0 Å². The van der Waals surface area contributed by atoms with Crippen molar-refractivity contribution in [3.05, 3.63) is 22.6 Å². The zero-order valence-corrected chi connectivity index (χ0v) is 5.50. The predicted molar refractivity (Wildman–Crippen MR) is 32.0 cm³/mol. The minimum atomic E-state index is -4.32. The average molecular weight is 164 g/mol. The maximum atomic E-state index is 10.3. The molecule has 0 saturated carbocycles. The van der Waals surface area contributed by atoms with Gasteiger partial charge in [-0.25, -0.2) is 5.10 Å². The molecule has 0 fully saturated rings. The second-order valence-corrected chi connectivity index (χ2v) is 2.85. The summed E-state index contributed by atoms with van der Waals surface area (Å²) in [5.41, 5.74) is -0.586. The minimum Gasteiger partial charge on any atom is -0.268 e. The van der Waals surface area contributed by atoms with Crippen molar-refractivity contribution in [3.8, 4) is 0 Å². The summed E-state index contributed by atoms with van der Waals surface area (Å²) < 4.78 is 29.0. The lowest BCUT2D eigenvalue weighted by molar-refractivity contribution is 0.465. The fraction of sp³-hybridized carbons (Fsp3) is 0. The zero-order chi connectivity index (χ0) is 7.78. The molecule has 1 rings (SSSR count). The van der Waals surface area contributed by atoms with Gasteiger partial charge in [-0.3, -0.25) is 9.35 Å². The fourth-order valence-corrected chi connectivity index (χ4v) is 0.873. The molecule has 0 bridgehead atoms. The predicted octanol–water partition coefficient (Wildman–Crippen LogP) is -1.17. The Bertz CT molecular complexity index is 371. The van der Waals surface area contributed by atoms with Crippen LogP contribution in [0.25, 0.3) is 0 Å². The van der Waals surface area contributed by atoms with Crippen molar-refractivity contribution in [2.24, 2.45) is 0 Å². The van der Waals surface area contributed by atoms with Crippen LogP contribution in [0.5, 0.6) is 0 Å². The van der Waals surface area contributed by atoms with E-state index in [0.29, 0.717) is 4.09 Å². The van der Waals surface area contributed by atoms with Crippen molar-refractivity contribution in [2.75, 3.05) is 0 Å². The van der Waals surface area contributed by atoms with Gasteiger partial charge in [0.2, 0.25) is 0 Å². The molecule has 10 heavy (non-hydrogen) atoms. The number of H-pyrrole nitrogens is 1. The molecule has 1 heterocycles. The number of aromatic amines is 1. The Morgan fingerprint density at radius 1 is 1.60 bits per heavy atom. The number of rotatable bonds is 1. The molecule has 0 aliphatic carbocycles. The molecule has 0 saturated heterocycles. The van der Waals surface area contributed by atoms with Gasteiger partial charge >= 0.3 is 10.3 Å². The van der Waals surface area contributed by atoms with E-state index < -0.39 is 15.9 Å². The number of aromatic nitrogens is 2. The molecule has 0 atom stereocenters. The Labute approximate surface area is 56.0 Å². The lowest BCUT2D eigenvalue weighted by Crippen LogP contribution is -2.14. The third-order valence-electron chi connectivity index (χ3n) is 0.830. The molecule has 1 aromatic heterocycles. The molecule has 2 N–H and O–H groups in total. The third kappa shape index (κ3) is 1.25. The normalized spacial score (nSPS) is 11.7. The molecule has 6 nitrogen and oxygen atoms in total. The summed E-state index contributed by atoms with van der Waals surface area (Å²) in [7, 11) is -4.32. The number of hydrogen-bond acceptors (Lipinski definition) is 3. The second kappa shape index (κ2) is 1.96. The van der Waals surface area contributed by atoms with Crippen molar-refractivity contribution in [3.63, 3.8) is 0 Å². The Balaban J connectivity index is 3.34. The van der Waals surface area contributed by atoms with E-state index in [1.54, 1.807) is 0 Å². The summed E-state index contributed by atoms with van der Waals surface area (Å²) in [4.78, 5) is 10.3. The molecule has 0 aliphatic rings. The average Bonchev–Trinajstić information content (AvgIpc) is 2.11. The first kappa shape index (κ1) is 7.03. The summed E-state index contributed by atoms with van der Waals surface area (Å²) in [6.07, 6.45) is 0.914. The van der Waals surface area contributed by atoms with Gasteiger partial charge < -0.3 is 0 Å². The van der Waals surface area contributed by atoms with Gasteiger partial charge in [-0.15, -0.1) is 0 Å². The van der Waals surface area contributed by atoms with Crippen LogP contribution in [0.4, 0.5) is 0 Å². The van der Waals surface area contributed by atoms with Crippen LogP contribution in [0.2, 0.25) is 0 Å². The molecule has 0 unspecified atom stereocenters. The van der Waals surface area contributed by atoms with Gasteiger partial charge in [0.25, 0.3) is 5.56 Å². The standard InChI is InChI=1S/C3H4N2O4S/c6-3-1-2-5(4-3)10(7,8)9/h1-2H,(H,4,6)(H,7,8,9). The molecule has 7 heteroatoms. The second-order valence-electron chi connectivity index (χ2n) is 1.57. The van der Waals surface area contributed by atoms with E-state index in [0.717, 1.165) is 12.3 Å². The van der Waals surface area contributed by atoms with Crippen LogP contribution in [0.15, 0.2) is 17.1 Å². The minimum absolute atomic E-state index is 0.315. The van der Waals surface area contributed by atoms with Crippen LogP contribution >= 0.6 is 0 Å². The van der Waals surface area contributed by atoms with Gasteiger partial charge in [-0.2, -0.15) is 12.5 Å². The summed E-state index contributed by atoms with van der Waals surface area (Å²) in [6.45, 7) is 0. The zero-order valence-electron chi connectivity index (χ0n) is 4.68. The van der Waals surface area contributed by atoms with Gasteiger partial charge in [-0.05, 0) is 0 Å². The Hall–Kier alpha value is -1.08. The van der Waals surface area contributed by atoms with Crippen molar-refractivity contribution >= 4 is 10.3 Å². The smallest absolute Gasteiger partial charge is 0.268 e. The van der Waals surface area contributed by atoms with Crippen molar-refractivity contribution in [1.82, 2.24) is 9.19 Å². The maximum absolute atomic E-state index is 10.3. The molecule has 1 aromatic rings.